The van der Waals surface area contributed by atoms with E-state index in [4.69, 9.17) is 23.7 Å². The Morgan fingerprint density at radius 3 is 1.88 bits per heavy atom. The molecule has 0 radical (unpaired) electrons. The maximum absolute atomic E-state index is 11.5. The fourth-order valence-electron chi connectivity index (χ4n) is 2.34. The smallest absolute Gasteiger partial charge is 0.303 e. The summed E-state index contributed by atoms with van der Waals surface area (Å²) in [7, 11) is 0. The molecule has 1 rings (SSSR count). The van der Waals surface area contributed by atoms with Gasteiger partial charge in [0.25, 0.3) is 4.51 Å². The minimum Gasteiger partial charge on any atom is -0.463 e. The lowest BCUT2D eigenvalue weighted by atomic mass is 9.94. The van der Waals surface area contributed by atoms with Crippen molar-refractivity contribution in [3.63, 3.8) is 0 Å². The molecule has 0 saturated carbocycles. The second-order valence-corrected chi connectivity index (χ2v) is 6.57. The van der Waals surface area contributed by atoms with Gasteiger partial charge in [-0.15, -0.1) is 0 Å². The van der Waals surface area contributed by atoms with Crippen molar-refractivity contribution < 1.29 is 42.9 Å². The van der Waals surface area contributed by atoms with Crippen molar-refractivity contribution in [2.24, 2.45) is 0 Å². The van der Waals surface area contributed by atoms with E-state index in [-0.39, 0.29) is 0 Å². The van der Waals surface area contributed by atoms with Crippen molar-refractivity contribution in [1.29, 1.82) is 5.26 Å². The van der Waals surface area contributed by atoms with Crippen LogP contribution in [0.1, 0.15) is 27.7 Å². The number of ether oxygens (including phenoxy) is 5. The highest BCUT2D eigenvalue weighted by molar-refractivity contribution is 9.10. The van der Waals surface area contributed by atoms with Crippen LogP contribution in [0.3, 0.4) is 0 Å². The quantitative estimate of drug-likeness (QED) is 0.337. The summed E-state index contributed by atoms with van der Waals surface area (Å²) in [4.78, 5) is 45.5. The second kappa shape index (κ2) is 8.95. The summed E-state index contributed by atoms with van der Waals surface area (Å²) in [5, 5.41) is 9.48. The molecule has 1 aliphatic heterocycles. The second-order valence-electron chi connectivity index (χ2n) is 5.39. The van der Waals surface area contributed by atoms with Gasteiger partial charge < -0.3 is 23.7 Å². The molecular formula is C15H18BrNO9. The molecule has 10 nitrogen and oxygen atoms in total. The molecule has 0 aromatic rings. The zero-order chi connectivity index (χ0) is 20.1. The minimum atomic E-state index is -1.93. The highest BCUT2D eigenvalue weighted by Gasteiger charge is 2.59. The molecule has 0 bridgehead atoms. The average molecular weight is 436 g/mol. The third-order valence-electron chi connectivity index (χ3n) is 3.18. The molecule has 0 aliphatic carbocycles. The van der Waals surface area contributed by atoms with E-state index in [0.29, 0.717) is 0 Å². The number of nitriles is 1. The van der Waals surface area contributed by atoms with Crippen LogP contribution in [0.5, 0.6) is 0 Å². The lowest BCUT2D eigenvalue weighted by Crippen LogP contribution is -2.65. The van der Waals surface area contributed by atoms with E-state index in [9.17, 15) is 24.4 Å². The van der Waals surface area contributed by atoms with Crippen molar-refractivity contribution in [1.82, 2.24) is 0 Å². The molecule has 0 spiro atoms. The van der Waals surface area contributed by atoms with Crippen LogP contribution >= 0.6 is 15.9 Å². The van der Waals surface area contributed by atoms with Gasteiger partial charge in [0.1, 0.15) is 18.8 Å². The highest BCUT2D eigenvalue weighted by atomic mass is 79.9. The van der Waals surface area contributed by atoms with Gasteiger partial charge in [0.2, 0.25) is 0 Å². The van der Waals surface area contributed by atoms with E-state index < -0.39 is 59.4 Å². The van der Waals surface area contributed by atoms with Crippen LogP contribution in [0, 0.1) is 11.3 Å². The Bertz CT molecular complexity index is 631. The third kappa shape index (κ3) is 5.67. The predicted molar refractivity (Wildman–Crippen MR) is 85.4 cm³/mol. The number of halogens is 1. The summed E-state index contributed by atoms with van der Waals surface area (Å²) in [5.74, 6) is -2.94. The van der Waals surface area contributed by atoms with Crippen LogP contribution in [-0.2, 0) is 42.9 Å². The van der Waals surface area contributed by atoms with E-state index in [1.807, 2.05) is 0 Å². The Balaban J connectivity index is 3.35. The van der Waals surface area contributed by atoms with E-state index in [1.54, 1.807) is 6.07 Å². The molecule has 1 heterocycles. The first-order chi connectivity index (χ1) is 12.0. The number of alkyl halides is 1. The Kier molecular flexibility index (Phi) is 7.53. The van der Waals surface area contributed by atoms with Gasteiger partial charge in [-0.05, 0) is 15.9 Å². The first-order valence-corrected chi connectivity index (χ1v) is 8.22. The fraction of sp³-hybridized carbons (Fsp3) is 0.667. The van der Waals surface area contributed by atoms with Crippen LogP contribution < -0.4 is 0 Å². The number of carbonyl (C=O) groups excluding carboxylic acids is 4. The van der Waals surface area contributed by atoms with Gasteiger partial charge in [-0.25, -0.2) is 0 Å². The lowest BCUT2D eigenvalue weighted by molar-refractivity contribution is -0.249. The molecule has 0 amide bonds. The molecule has 144 valence electrons. The molecule has 0 aromatic heterocycles. The summed E-state index contributed by atoms with van der Waals surface area (Å²) in [6.07, 6.45) is -5.29. The van der Waals surface area contributed by atoms with Gasteiger partial charge in [-0.3, -0.25) is 19.2 Å². The van der Waals surface area contributed by atoms with Gasteiger partial charge in [0, 0.05) is 27.7 Å². The van der Waals surface area contributed by atoms with Crippen LogP contribution in [0.15, 0.2) is 0 Å². The average Bonchev–Trinajstić information content (AvgIpc) is 2.50. The first-order valence-electron chi connectivity index (χ1n) is 7.43. The molecule has 0 N–H and O–H groups in total. The SMILES string of the molecule is CC(=O)OCC1OC(Br)(C#N)C(OC(C)=O)C(OC(C)=O)C1OC(C)=O. The maximum atomic E-state index is 11.5. The maximum Gasteiger partial charge on any atom is 0.303 e. The Morgan fingerprint density at radius 2 is 1.46 bits per heavy atom. The van der Waals surface area contributed by atoms with Gasteiger partial charge >= 0.3 is 23.9 Å². The number of carbonyl (C=O) groups is 4. The summed E-state index contributed by atoms with van der Waals surface area (Å²) < 4.78 is 23.9. The van der Waals surface area contributed by atoms with Crippen molar-refractivity contribution in [3.8, 4) is 6.07 Å². The molecule has 26 heavy (non-hydrogen) atoms. The number of esters is 4. The highest BCUT2D eigenvalue weighted by Crippen LogP contribution is 2.39. The zero-order valence-electron chi connectivity index (χ0n) is 14.5. The van der Waals surface area contributed by atoms with Gasteiger partial charge in [-0.2, -0.15) is 5.26 Å². The zero-order valence-corrected chi connectivity index (χ0v) is 16.1. The van der Waals surface area contributed by atoms with Crippen molar-refractivity contribution in [2.75, 3.05) is 6.61 Å². The third-order valence-corrected chi connectivity index (χ3v) is 3.99. The molecule has 1 saturated heterocycles. The lowest BCUT2D eigenvalue weighted by Gasteiger charge is -2.45. The molecule has 5 unspecified atom stereocenters. The number of hydrogen-bond donors (Lipinski definition) is 0. The first kappa shape index (κ1) is 21.9. The van der Waals surface area contributed by atoms with Crippen molar-refractivity contribution in [2.45, 2.75) is 56.6 Å². The number of nitrogens with zero attached hydrogens (tertiary/aromatic N) is 1. The van der Waals surface area contributed by atoms with Crippen molar-refractivity contribution >= 4 is 39.8 Å². The van der Waals surface area contributed by atoms with Crippen LogP contribution in [0.25, 0.3) is 0 Å². The summed E-state index contributed by atoms with van der Waals surface area (Å²) in [6, 6.07) is 1.78. The van der Waals surface area contributed by atoms with Crippen LogP contribution in [0.4, 0.5) is 0 Å². The van der Waals surface area contributed by atoms with Gasteiger partial charge in [-0.1, -0.05) is 0 Å². The van der Waals surface area contributed by atoms with E-state index >= 15 is 0 Å². The normalized spacial score (nSPS) is 30.5. The largest absolute Gasteiger partial charge is 0.463 e. The molecular weight excluding hydrogens is 418 g/mol. The Labute approximate surface area is 157 Å². The molecule has 1 aliphatic rings. The standard InChI is InChI=1S/C15H18BrNO9/c1-7(18)22-5-11-12(23-8(2)19)13(24-9(3)20)14(25-10(4)21)15(16,6-17)26-11/h11-14H,5H2,1-4H3. The van der Waals surface area contributed by atoms with Crippen molar-refractivity contribution in [3.05, 3.63) is 0 Å². The number of rotatable bonds is 5. The summed E-state index contributed by atoms with van der Waals surface area (Å²) in [5.41, 5.74) is 0. The van der Waals surface area contributed by atoms with Crippen LogP contribution in [0.2, 0.25) is 0 Å². The van der Waals surface area contributed by atoms with Gasteiger partial charge in [0.15, 0.2) is 18.3 Å². The molecule has 1 fully saturated rings. The monoisotopic (exact) mass is 435 g/mol. The topological polar surface area (TPSA) is 138 Å². The molecule has 5 atom stereocenters. The van der Waals surface area contributed by atoms with E-state index in [0.717, 1.165) is 27.7 Å². The van der Waals surface area contributed by atoms with Gasteiger partial charge in [0.05, 0.1) is 0 Å². The molecule has 0 aromatic carbocycles. The minimum absolute atomic E-state index is 0.396. The van der Waals surface area contributed by atoms with Crippen LogP contribution in [-0.4, -0.2) is 59.4 Å². The van der Waals surface area contributed by atoms with E-state index in [2.05, 4.69) is 15.9 Å². The summed E-state index contributed by atoms with van der Waals surface area (Å²) >= 11 is 3.03. The van der Waals surface area contributed by atoms with E-state index in [1.165, 1.54) is 0 Å². The Hall–Kier alpha value is -2.19. The predicted octanol–water partition coefficient (Wildman–Crippen LogP) is 0.358. The number of hydrogen-bond acceptors (Lipinski definition) is 10. The summed E-state index contributed by atoms with van der Waals surface area (Å²) in [6.45, 7) is 4.04. The Morgan fingerprint density at radius 1 is 0.962 bits per heavy atom. The fourth-order valence-corrected chi connectivity index (χ4v) is 2.94. The molecule has 11 heteroatoms.